The van der Waals surface area contributed by atoms with E-state index in [9.17, 15) is 8.42 Å². The molecule has 2 rings (SSSR count). The summed E-state index contributed by atoms with van der Waals surface area (Å²) >= 11 is 1.45. The molecule has 0 saturated carbocycles. The lowest BCUT2D eigenvalue weighted by molar-refractivity contribution is 0.482. The summed E-state index contributed by atoms with van der Waals surface area (Å²) < 4.78 is 22.9. The summed E-state index contributed by atoms with van der Waals surface area (Å²) in [6.07, 6.45) is 1.66. The molecule has 0 spiro atoms. The van der Waals surface area contributed by atoms with Gasteiger partial charge >= 0.3 is 0 Å². The first-order valence-electron chi connectivity index (χ1n) is 5.52. The molecule has 0 bridgehead atoms. The zero-order valence-corrected chi connectivity index (χ0v) is 11.0. The summed E-state index contributed by atoms with van der Waals surface area (Å²) in [7, 11) is -2.85. The van der Waals surface area contributed by atoms with Crippen molar-refractivity contribution in [3.05, 3.63) is 21.9 Å². The molecule has 0 aromatic carbocycles. The molecule has 1 aromatic rings. The molecule has 0 amide bonds. The van der Waals surface area contributed by atoms with Crippen LogP contribution in [0.25, 0.3) is 0 Å². The summed E-state index contributed by atoms with van der Waals surface area (Å²) in [5.74, 6) is 0.562. The highest BCUT2D eigenvalue weighted by atomic mass is 32.2. The topological polar surface area (TPSA) is 70.0 Å². The second-order valence-corrected chi connectivity index (χ2v) is 7.61. The Morgan fingerprint density at radius 2 is 2.35 bits per heavy atom. The number of nitriles is 1. The molecule has 6 heteroatoms. The van der Waals surface area contributed by atoms with Crippen LogP contribution in [0.5, 0.6) is 0 Å². The molecular weight excluding hydrogens is 256 g/mol. The molecule has 1 saturated heterocycles. The van der Waals surface area contributed by atoms with E-state index >= 15 is 0 Å². The first kappa shape index (κ1) is 12.6. The minimum absolute atomic E-state index is 0.0568. The molecule has 17 heavy (non-hydrogen) atoms. The quantitative estimate of drug-likeness (QED) is 0.898. The van der Waals surface area contributed by atoms with E-state index in [1.54, 1.807) is 6.07 Å². The molecule has 2 heterocycles. The number of nitrogens with one attached hydrogen (secondary N) is 1. The molecular formula is C11H14N2O2S2. The molecule has 1 N–H and O–H groups in total. The third-order valence-corrected chi connectivity index (χ3v) is 5.61. The highest BCUT2D eigenvalue weighted by Gasteiger charge is 2.24. The standard InChI is InChI=1S/C11H14N2O2S2/c12-6-10-3-4-11(16-10)7-13-9-2-1-5-17(14,15)8-9/h3-4,9,13H,1-2,5,7-8H2. The minimum Gasteiger partial charge on any atom is -0.308 e. The van der Waals surface area contributed by atoms with Gasteiger partial charge in [-0.15, -0.1) is 11.3 Å². The fraction of sp³-hybridized carbons (Fsp3) is 0.545. The SMILES string of the molecule is N#Cc1ccc(CNC2CCCS(=O)(=O)C2)s1. The fourth-order valence-corrected chi connectivity index (χ4v) is 4.39. The van der Waals surface area contributed by atoms with E-state index in [1.807, 2.05) is 6.07 Å². The molecule has 1 aliphatic heterocycles. The highest BCUT2D eigenvalue weighted by Crippen LogP contribution is 2.17. The Morgan fingerprint density at radius 1 is 1.53 bits per heavy atom. The predicted molar refractivity (Wildman–Crippen MR) is 67.5 cm³/mol. The maximum atomic E-state index is 11.4. The zero-order valence-electron chi connectivity index (χ0n) is 9.35. The summed E-state index contributed by atoms with van der Waals surface area (Å²) in [5, 5.41) is 11.9. The Bertz CT molecular complexity index is 528. The van der Waals surface area contributed by atoms with Gasteiger partial charge in [0.2, 0.25) is 0 Å². The Labute approximate surface area is 105 Å². The van der Waals surface area contributed by atoms with Gasteiger partial charge < -0.3 is 5.32 Å². The smallest absolute Gasteiger partial charge is 0.151 e. The van der Waals surface area contributed by atoms with Gasteiger partial charge in [-0.25, -0.2) is 8.42 Å². The molecule has 4 nitrogen and oxygen atoms in total. The molecule has 92 valence electrons. The number of hydrogen-bond donors (Lipinski definition) is 1. The number of rotatable bonds is 3. The van der Waals surface area contributed by atoms with E-state index < -0.39 is 9.84 Å². The van der Waals surface area contributed by atoms with E-state index in [2.05, 4.69) is 11.4 Å². The van der Waals surface area contributed by atoms with Gasteiger partial charge in [0.05, 0.1) is 11.5 Å². The third-order valence-electron chi connectivity index (χ3n) is 2.80. The largest absolute Gasteiger partial charge is 0.308 e. The second-order valence-electron chi connectivity index (χ2n) is 4.21. The second kappa shape index (κ2) is 5.17. The van der Waals surface area contributed by atoms with E-state index in [0.717, 1.165) is 17.7 Å². The van der Waals surface area contributed by atoms with Gasteiger partial charge in [0.1, 0.15) is 10.9 Å². The van der Waals surface area contributed by atoms with Crippen LogP contribution in [0.4, 0.5) is 0 Å². The van der Waals surface area contributed by atoms with Crippen LogP contribution in [0, 0.1) is 11.3 Å². The van der Waals surface area contributed by atoms with Crippen LogP contribution in [-0.4, -0.2) is 26.0 Å². The number of hydrogen-bond acceptors (Lipinski definition) is 5. The van der Waals surface area contributed by atoms with Crippen molar-refractivity contribution in [1.29, 1.82) is 5.26 Å². The van der Waals surface area contributed by atoms with Crippen LogP contribution >= 0.6 is 11.3 Å². The molecule has 1 atom stereocenters. The number of thiophene rings is 1. The highest BCUT2D eigenvalue weighted by molar-refractivity contribution is 7.91. The summed E-state index contributed by atoms with van der Waals surface area (Å²) in [4.78, 5) is 1.77. The summed E-state index contributed by atoms with van der Waals surface area (Å²) in [6.45, 7) is 0.645. The summed E-state index contributed by atoms with van der Waals surface area (Å²) in [5.41, 5.74) is 0. The molecule has 1 fully saturated rings. The van der Waals surface area contributed by atoms with Crippen LogP contribution in [0.1, 0.15) is 22.6 Å². The molecule has 0 aliphatic carbocycles. The van der Waals surface area contributed by atoms with Crippen LogP contribution in [0.3, 0.4) is 0 Å². The Hall–Kier alpha value is -0.900. The first-order valence-corrected chi connectivity index (χ1v) is 8.15. The van der Waals surface area contributed by atoms with Crippen molar-refractivity contribution in [3.63, 3.8) is 0 Å². The van der Waals surface area contributed by atoms with Gasteiger partial charge in [-0.05, 0) is 25.0 Å². The Kier molecular flexibility index (Phi) is 3.82. The third kappa shape index (κ3) is 3.53. The Balaban J connectivity index is 1.88. The first-order chi connectivity index (χ1) is 8.09. The van der Waals surface area contributed by atoms with Gasteiger partial charge in [-0.2, -0.15) is 5.26 Å². The van der Waals surface area contributed by atoms with Gasteiger partial charge in [0, 0.05) is 17.5 Å². The molecule has 1 aromatic heterocycles. The van der Waals surface area contributed by atoms with Crippen molar-refractivity contribution in [2.75, 3.05) is 11.5 Å². The molecule has 1 unspecified atom stereocenters. The average molecular weight is 270 g/mol. The average Bonchev–Trinajstić information content (AvgIpc) is 2.73. The lowest BCUT2D eigenvalue weighted by Gasteiger charge is -2.22. The van der Waals surface area contributed by atoms with Gasteiger partial charge in [-0.1, -0.05) is 0 Å². The van der Waals surface area contributed by atoms with Crippen LogP contribution in [-0.2, 0) is 16.4 Å². The van der Waals surface area contributed by atoms with Crippen LogP contribution in [0.15, 0.2) is 12.1 Å². The molecule has 0 radical (unpaired) electrons. The maximum absolute atomic E-state index is 11.4. The van der Waals surface area contributed by atoms with E-state index in [-0.39, 0.29) is 11.8 Å². The van der Waals surface area contributed by atoms with Gasteiger partial charge in [0.15, 0.2) is 9.84 Å². The molecule has 1 aliphatic rings. The normalized spacial score (nSPS) is 23.1. The maximum Gasteiger partial charge on any atom is 0.151 e. The minimum atomic E-state index is -2.85. The zero-order chi connectivity index (χ0) is 12.3. The monoisotopic (exact) mass is 270 g/mol. The number of nitrogens with zero attached hydrogens (tertiary/aromatic N) is 1. The fourth-order valence-electron chi connectivity index (χ4n) is 1.96. The predicted octanol–water partition coefficient (Wildman–Crippen LogP) is 1.29. The van der Waals surface area contributed by atoms with Crippen molar-refractivity contribution < 1.29 is 8.42 Å². The van der Waals surface area contributed by atoms with Crippen molar-refractivity contribution in [1.82, 2.24) is 5.32 Å². The van der Waals surface area contributed by atoms with Gasteiger partial charge in [-0.3, -0.25) is 0 Å². The summed E-state index contributed by atoms with van der Waals surface area (Å²) in [6, 6.07) is 5.85. The van der Waals surface area contributed by atoms with Crippen molar-refractivity contribution in [2.45, 2.75) is 25.4 Å². The van der Waals surface area contributed by atoms with Crippen molar-refractivity contribution >= 4 is 21.2 Å². The van der Waals surface area contributed by atoms with Crippen molar-refractivity contribution in [2.24, 2.45) is 0 Å². The van der Waals surface area contributed by atoms with Crippen molar-refractivity contribution in [3.8, 4) is 6.07 Å². The Morgan fingerprint density at radius 3 is 3.00 bits per heavy atom. The van der Waals surface area contributed by atoms with E-state index in [0.29, 0.717) is 17.2 Å². The van der Waals surface area contributed by atoms with E-state index in [1.165, 1.54) is 11.3 Å². The van der Waals surface area contributed by atoms with Crippen LogP contribution in [0.2, 0.25) is 0 Å². The number of sulfone groups is 1. The lowest BCUT2D eigenvalue weighted by atomic mass is 10.2. The van der Waals surface area contributed by atoms with Gasteiger partial charge in [0.25, 0.3) is 0 Å². The van der Waals surface area contributed by atoms with E-state index in [4.69, 9.17) is 5.26 Å². The van der Waals surface area contributed by atoms with Crippen LogP contribution < -0.4 is 5.32 Å². The lowest BCUT2D eigenvalue weighted by Crippen LogP contribution is -2.39.